The largest absolute Gasteiger partial charge is 0.445 e. The first-order valence-electron chi connectivity index (χ1n) is 11.3. The Labute approximate surface area is 210 Å². The highest BCUT2D eigenvalue weighted by Crippen LogP contribution is 2.34. The Morgan fingerprint density at radius 2 is 1.81 bits per heavy atom. The monoisotopic (exact) mass is 508 g/mol. The molecular weight excluding hydrogens is 480 g/mol. The Kier molecular flexibility index (Phi) is 6.73. The summed E-state index contributed by atoms with van der Waals surface area (Å²) in [7, 11) is -4.04. The Hall–Kier alpha value is -3.92. The molecule has 0 aliphatic heterocycles. The number of aryl methyl sites for hydroxylation is 1. The summed E-state index contributed by atoms with van der Waals surface area (Å²) in [4.78, 5) is 17.1. The van der Waals surface area contributed by atoms with E-state index in [1.807, 2.05) is 20.8 Å². The van der Waals surface area contributed by atoms with Crippen LogP contribution in [0, 0.1) is 13.8 Å². The van der Waals surface area contributed by atoms with E-state index < -0.39 is 15.6 Å². The quantitative estimate of drug-likeness (QED) is 0.364. The van der Waals surface area contributed by atoms with E-state index in [0.717, 1.165) is 0 Å². The Morgan fingerprint density at radius 3 is 2.44 bits per heavy atom. The van der Waals surface area contributed by atoms with Crippen molar-refractivity contribution in [2.24, 2.45) is 0 Å². The van der Waals surface area contributed by atoms with Crippen LogP contribution in [0.1, 0.15) is 37.6 Å². The fraction of sp³-hybridized carbons (Fsp3) is 0.269. The van der Waals surface area contributed by atoms with Gasteiger partial charge in [0.1, 0.15) is 6.26 Å². The average molecular weight is 509 g/mol. The Bertz CT molecular complexity index is 1500. The lowest BCUT2D eigenvalue weighted by Crippen LogP contribution is -2.41. The second-order valence-corrected chi connectivity index (χ2v) is 11.2. The molecule has 0 atom stereocenters. The van der Waals surface area contributed by atoms with Gasteiger partial charge in [-0.15, -0.1) is 0 Å². The molecule has 0 saturated heterocycles. The van der Waals surface area contributed by atoms with Crippen molar-refractivity contribution in [1.82, 2.24) is 15.5 Å². The minimum absolute atomic E-state index is 0.0311. The molecule has 0 unspecified atom stereocenters. The minimum atomic E-state index is -4.04. The molecule has 4 aromatic rings. The van der Waals surface area contributed by atoms with Crippen LogP contribution < -0.4 is 10.0 Å². The summed E-state index contributed by atoms with van der Waals surface area (Å²) < 4.78 is 40.0. The molecule has 0 fully saturated rings. The predicted octanol–water partition coefficient (Wildman–Crippen LogP) is 4.87. The van der Waals surface area contributed by atoms with Gasteiger partial charge in [-0.25, -0.2) is 18.1 Å². The summed E-state index contributed by atoms with van der Waals surface area (Å²) >= 11 is 0. The molecule has 0 saturated carbocycles. The molecule has 0 aliphatic rings. The molecule has 2 N–H and O–H groups in total. The molecular formula is C26H28N4O5S. The van der Waals surface area contributed by atoms with Crippen LogP contribution in [0.2, 0.25) is 0 Å². The highest BCUT2D eigenvalue weighted by Gasteiger charge is 2.25. The first-order valence-corrected chi connectivity index (χ1v) is 12.8. The lowest BCUT2D eigenvalue weighted by atomic mass is 9.94. The van der Waals surface area contributed by atoms with E-state index in [1.165, 1.54) is 18.5 Å². The first-order chi connectivity index (χ1) is 16.9. The van der Waals surface area contributed by atoms with Gasteiger partial charge in [-0.2, -0.15) is 0 Å². The molecule has 0 radical (unpaired) electrons. The first kappa shape index (κ1) is 25.2. The second-order valence-electron chi connectivity index (χ2n) is 9.51. The van der Waals surface area contributed by atoms with Crippen LogP contribution in [0.4, 0.5) is 5.88 Å². The standard InChI is InChI=1S/C26H28N4O5S/c1-16-17(2)29-35-24(16)30-36(32,33)22-9-7-6-8-21(22)20-11-10-18(25-27-12-13-34-25)14-19(20)15-23(31)28-26(3,4)5/h6-14,30H,15H2,1-5H3,(H,28,31). The third kappa shape index (κ3) is 5.49. The number of benzene rings is 2. The Morgan fingerprint density at radius 1 is 1.06 bits per heavy atom. The van der Waals surface area contributed by atoms with Crippen molar-refractivity contribution < 1.29 is 22.2 Å². The van der Waals surface area contributed by atoms with Crippen molar-refractivity contribution in [1.29, 1.82) is 0 Å². The summed E-state index contributed by atoms with van der Waals surface area (Å²) in [5.41, 5.74) is 3.11. The third-order valence-electron chi connectivity index (χ3n) is 5.50. The molecule has 36 heavy (non-hydrogen) atoms. The van der Waals surface area contributed by atoms with Crippen LogP contribution in [0.15, 0.2) is 68.8 Å². The van der Waals surface area contributed by atoms with Gasteiger partial charge in [0, 0.05) is 22.2 Å². The van der Waals surface area contributed by atoms with Gasteiger partial charge >= 0.3 is 0 Å². The number of nitrogens with one attached hydrogen (secondary N) is 2. The smallest absolute Gasteiger partial charge is 0.264 e. The molecule has 1 amide bonds. The highest BCUT2D eigenvalue weighted by atomic mass is 32.2. The van der Waals surface area contributed by atoms with Crippen molar-refractivity contribution in [3.05, 3.63) is 71.7 Å². The molecule has 4 rings (SSSR count). The Balaban J connectivity index is 1.80. The lowest BCUT2D eigenvalue weighted by Gasteiger charge is -2.21. The lowest BCUT2D eigenvalue weighted by molar-refractivity contribution is -0.121. The number of amides is 1. The number of anilines is 1. The fourth-order valence-electron chi connectivity index (χ4n) is 3.75. The van der Waals surface area contributed by atoms with Crippen LogP contribution in [-0.4, -0.2) is 30.0 Å². The molecule has 10 heteroatoms. The van der Waals surface area contributed by atoms with Gasteiger partial charge in [0.15, 0.2) is 0 Å². The van der Waals surface area contributed by atoms with Gasteiger partial charge in [-0.1, -0.05) is 29.4 Å². The van der Waals surface area contributed by atoms with Crippen molar-refractivity contribution in [2.75, 3.05) is 4.72 Å². The molecule has 0 spiro atoms. The van der Waals surface area contributed by atoms with Crippen molar-refractivity contribution in [3.8, 4) is 22.6 Å². The van der Waals surface area contributed by atoms with Gasteiger partial charge in [-0.3, -0.25) is 4.79 Å². The zero-order chi connectivity index (χ0) is 26.1. The van der Waals surface area contributed by atoms with Crippen LogP contribution in [0.3, 0.4) is 0 Å². The van der Waals surface area contributed by atoms with Gasteiger partial charge in [0.25, 0.3) is 10.0 Å². The SMILES string of the molecule is Cc1noc(NS(=O)(=O)c2ccccc2-c2ccc(-c3ncco3)cc2CC(=O)NC(C)(C)C)c1C. The van der Waals surface area contributed by atoms with Crippen molar-refractivity contribution in [3.63, 3.8) is 0 Å². The molecule has 188 valence electrons. The summed E-state index contributed by atoms with van der Waals surface area (Å²) in [5.74, 6) is 0.267. The number of carbonyl (C=O) groups is 1. The number of hydrogen-bond acceptors (Lipinski definition) is 7. The minimum Gasteiger partial charge on any atom is -0.445 e. The molecule has 0 bridgehead atoms. The molecule has 2 aromatic carbocycles. The van der Waals surface area contributed by atoms with Crippen LogP contribution in [0.25, 0.3) is 22.6 Å². The van der Waals surface area contributed by atoms with Crippen LogP contribution in [-0.2, 0) is 21.2 Å². The van der Waals surface area contributed by atoms with Gasteiger partial charge in [-0.05, 0) is 63.9 Å². The van der Waals surface area contributed by atoms with E-state index in [2.05, 4.69) is 20.2 Å². The maximum absolute atomic E-state index is 13.4. The van der Waals surface area contributed by atoms with E-state index in [9.17, 15) is 13.2 Å². The topological polar surface area (TPSA) is 127 Å². The van der Waals surface area contributed by atoms with Crippen molar-refractivity contribution >= 4 is 21.8 Å². The van der Waals surface area contributed by atoms with Crippen molar-refractivity contribution in [2.45, 2.75) is 51.5 Å². The molecule has 2 heterocycles. The van der Waals surface area contributed by atoms with E-state index in [4.69, 9.17) is 8.94 Å². The summed E-state index contributed by atoms with van der Waals surface area (Å²) in [5, 5.41) is 6.78. The van der Waals surface area contributed by atoms with Crippen LogP contribution >= 0.6 is 0 Å². The summed E-state index contributed by atoms with van der Waals surface area (Å²) in [6.07, 6.45) is 3.04. The van der Waals surface area contributed by atoms with E-state index in [0.29, 0.717) is 39.4 Å². The average Bonchev–Trinajstić information content (AvgIpc) is 3.44. The zero-order valence-corrected chi connectivity index (χ0v) is 21.6. The highest BCUT2D eigenvalue weighted by molar-refractivity contribution is 7.92. The van der Waals surface area contributed by atoms with E-state index >= 15 is 0 Å². The number of carbonyl (C=O) groups excluding carboxylic acids is 1. The van der Waals surface area contributed by atoms with E-state index in [-0.39, 0.29) is 23.1 Å². The zero-order valence-electron chi connectivity index (χ0n) is 20.7. The fourth-order valence-corrected chi connectivity index (χ4v) is 5.02. The maximum atomic E-state index is 13.4. The third-order valence-corrected chi connectivity index (χ3v) is 6.89. The summed E-state index contributed by atoms with van der Waals surface area (Å²) in [6, 6.07) is 12.0. The van der Waals surface area contributed by atoms with Crippen LogP contribution in [0.5, 0.6) is 0 Å². The number of sulfonamides is 1. The normalized spacial score (nSPS) is 11.9. The predicted molar refractivity (Wildman–Crippen MR) is 136 cm³/mol. The number of aromatic nitrogens is 2. The molecule has 2 aromatic heterocycles. The molecule has 9 nitrogen and oxygen atoms in total. The number of rotatable bonds is 7. The molecule has 0 aliphatic carbocycles. The number of nitrogens with zero attached hydrogens (tertiary/aromatic N) is 2. The second kappa shape index (κ2) is 9.62. The van der Waals surface area contributed by atoms with Gasteiger partial charge in [0.05, 0.1) is 23.2 Å². The number of hydrogen-bond donors (Lipinski definition) is 2. The number of oxazole rings is 1. The van der Waals surface area contributed by atoms with E-state index in [1.54, 1.807) is 50.2 Å². The van der Waals surface area contributed by atoms with Gasteiger partial charge < -0.3 is 14.3 Å². The summed E-state index contributed by atoms with van der Waals surface area (Å²) in [6.45, 7) is 9.15. The van der Waals surface area contributed by atoms with Gasteiger partial charge in [0.2, 0.25) is 17.7 Å². The maximum Gasteiger partial charge on any atom is 0.264 e.